The highest BCUT2D eigenvalue weighted by Gasteiger charge is 2.37. The molecule has 1 N–H and O–H groups in total. The predicted octanol–water partition coefficient (Wildman–Crippen LogP) is 4.21. The number of nitriles is 1. The Morgan fingerprint density at radius 2 is 1.63 bits per heavy atom. The van der Waals surface area contributed by atoms with E-state index in [0.717, 1.165) is 30.5 Å². The van der Waals surface area contributed by atoms with Crippen LogP contribution in [0.25, 0.3) is 11.1 Å². The van der Waals surface area contributed by atoms with E-state index in [4.69, 9.17) is 0 Å². The summed E-state index contributed by atoms with van der Waals surface area (Å²) in [5, 5.41) is 12.8. The summed E-state index contributed by atoms with van der Waals surface area (Å²) in [6.45, 7) is 0. The van der Waals surface area contributed by atoms with Crippen LogP contribution in [0.5, 0.6) is 0 Å². The molecule has 2 heteroatoms. The first-order chi connectivity index (χ1) is 9.33. The largest absolute Gasteiger partial charge is 0.367 e. The Bertz CT molecular complexity index is 607. The van der Waals surface area contributed by atoms with E-state index in [0.29, 0.717) is 0 Å². The summed E-state index contributed by atoms with van der Waals surface area (Å²) < 4.78 is 0. The van der Waals surface area contributed by atoms with E-state index in [9.17, 15) is 5.26 Å². The van der Waals surface area contributed by atoms with Crippen molar-refractivity contribution in [1.82, 2.24) is 0 Å². The Balaban J connectivity index is 1.97. The maximum Gasteiger partial charge on any atom is 0.125 e. The first-order valence-electron chi connectivity index (χ1n) is 6.67. The first-order valence-corrected chi connectivity index (χ1v) is 6.67. The summed E-state index contributed by atoms with van der Waals surface area (Å²) in [6.07, 6.45) is 3.01. The zero-order chi connectivity index (χ0) is 13.1. The maximum absolute atomic E-state index is 9.35. The van der Waals surface area contributed by atoms with Crippen LogP contribution < -0.4 is 5.32 Å². The van der Waals surface area contributed by atoms with E-state index in [2.05, 4.69) is 35.7 Å². The summed E-state index contributed by atoms with van der Waals surface area (Å²) in [6, 6.07) is 20.9. The summed E-state index contributed by atoms with van der Waals surface area (Å²) in [7, 11) is 0. The fourth-order valence-corrected chi connectivity index (χ4v) is 2.51. The molecule has 2 aromatic rings. The van der Waals surface area contributed by atoms with Crippen LogP contribution >= 0.6 is 0 Å². The fraction of sp³-hybridized carbons (Fsp3) is 0.235. The minimum atomic E-state index is -0.356. The summed E-state index contributed by atoms with van der Waals surface area (Å²) in [4.78, 5) is 0. The van der Waals surface area contributed by atoms with Crippen LogP contribution in [0.3, 0.4) is 0 Å². The second-order valence-electron chi connectivity index (χ2n) is 5.08. The number of nitrogens with one attached hydrogen (secondary N) is 1. The number of anilines is 1. The first kappa shape index (κ1) is 11.8. The van der Waals surface area contributed by atoms with Gasteiger partial charge < -0.3 is 5.32 Å². The molecule has 19 heavy (non-hydrogen) atoms. The normalized spacial score (nSPS) is 16.2. The topological polar surface area (TPSA) is 35.8 Å². The van der Waals surface area contributed by atoms with Gasteiger partial charge in [-0.15, -0.1) is 0 Å². The predicted molar refractivity (Wildman–Crippen MR) is 77.7 cm³/mol. The van der Waals surface area contributed by atoms with Gasteiger partial charge in [-0.2, -0.15) is 5.26 Å². The smallest absolute Gasteiger partial charge is 0.125 e. The third-order valence-electron chi connectivity index (χ3n) is 3.81. The van der Waals surface area contributed by atoms with Crippen molar-refractivity contribution in [2.24, 2.45) is 0 Å². The Labute approximate surface area is 113 Å². The molecule has 1 aliphatic rings. The SMILES string of the molecule is N#CC1(Nc2ccccc2-c2ccccc2)CCC1. The molecule has 0 spiro atoms. The lowest BCUT2D eigenvalue weighted by atomic mass is 9.77. The monoisotopic (exact) mass is 248 g/mol. The average Bonchev–Trinajstić information content (AvgIpc) is 2.44. The molecule has 1 saturated carbocycles. The van der Waals surface area contributed by atoms with Gasteiger partial charge in [0.1, 0.15) is 5.54 Å². The number of hydrogen-bond donors (Lipinski definition) is 1. The highest BCUT2D eigenvalue weighted by atomic mass is 15.0. The van der Waals surface area contributed by atoms with E-state index in [1.165, 1.54) is 5.56 Å². The van der Waals surface area contributed by atoms with E-state index in [1.54, 1.807) is 0 Å². The number of benzene rings is 2. The molecule has 0 bridgehead atoms. The molecule has 0 amide bonds. The fourth-order valence-electron chi connectivity index (χ4n) is 2.51. The molecule has 2 nitrogen and oxygen atoms in total. The minimum Gasteiger partial charge on any atom is -0.367 e. The van der Waals surface area contributed by atoms with Gasteiger partial charge in [-0.05, 0) is 30.9 Å². The molecule has 94 valence electrons. The van der Waals surface area contributed by atoms with Crippen LogP contribution in [-0.4, -0.2) is 5.54 Å². The van der Waals surface area contributed by atoms with Crippen LogP contribution in [0.2, 0.25) is 0 Å². The van der Waals surface area contributed by atoms with Gasteiger partial charge in [0.05, 0.1) is 6.07 Å². The van der Waals surface area contributed by atoms with Gasteiger partial charge >= 0.3 is 0 Å². The minimum absolute atomic E-state index is 0.356. The Morgan fingerprint density at radius 1 is 0.947 bits per heavy atom. The van der Waals surface area contributed by atoms with Crippen molar-refractivity contribution >= 4 is 5.69 Å². The van der Waals surface area contributed by atoms with Gasteiger partial charge in [-0.25, -0.2) is 0 Å². The zero-order valence-corrected chi connectivity index (χ0v) is 10.8. The van der Waals surface area contributed by atoms with Gasteiger partial charge in [-0.1, -0.05) is 48.5 Å². The Hall–Kier alpha value is -2.27. The van der Waals surface area contributed by atoms with Crippen molar-refractivity contribution in [2.45, 2.75) is 24.8 Å². The molecule has 0 atom stereocenters. The van der Waals surface area contributed by atoms with Crippen LogP contribution in [0.4, 0.5) is 5.69 Å². The van der Waals surface area contributed by atoms with E-state index >= 15 is 0 Å². The molecule has 0 saturated heterocycles. The van der Waals surface area contributed by atoms with Crippen molar-refractivity contribution in [3.8, 4) is 17.2 Å². The van der Waals surface area contributed by atoms with Gasteiger partial charge in [0.15, 0.2) is 0 Å². The van der Waals surface area contributed by atoms with E-state index in [-0.39, 0.29) is 5.54 Å². The van der Waals surface area contributed by atoms with Crippen molar-refractivity contribution in [1.29, 1.82) is 5.26 Å². The molecule has 1 aliphatic carbocycles. The van der Waals surface area contributed by atoms with Crippen molar-refractivity contribution in [3.05, 3.63) is 54.6 Å². The van der Waals surface area contributed by atoms with Crippen molar-refractivity contribution in [3.63, 3.8) is 0 Å². The molecule has 3 rings (SSSR count). The lowest BCUT2D eigenvalue weighted by Gasteiger charge is -2.37. The molecule has 0 aliphatic heterocycles. The second-order valence-corrected chi connectivity index (χ2v) is 5.08. The molecule has 1 fully saturated rings. The van der Waals surface area contributed by atoms with Crippen LogP contribution in [0.1, 0.15) is 19.3 Å². The van der Waals surface area contributed by atoms with Crippen molar-refractivity contribution in [2.75, 3.05) is 5.32 Å². The van der Waals surface area contributed by atoms with Crippen molar-refractivity contribution < 1.29 is 0 Å². The zero-order valence-electron chi connectivity index (χ0n) is 10.8. The molecular weight excluding hydrogens is 232 g/mol. The summed E-state index contributed by atoms with van der Waals surface area (Å²) in [5.41, 5.74) is 3.03. The lowest BCUT2D eigenvalue weighted by molar-refractivity contribution is 0.357. The summed E-state index contributed by atoms with van der Waals surface area (Å²) >= 11 is 0. The highest BCUT2D eigenvalue weighted by molar-refractivity contribution is 5.78. The van der Waals surface area contributed by atoms with E-state index in [1.807, 2.05) is 30.3 Å². The Kier molecular flexibility index (Phi) is 2.97. The van der Waals surface area contributed by atoms with Crippen LogP contribution in [0.15, 0.2) is 54.6 Å². The van der Waals surface area contributed by atoms with Gasteiger partial charge in [0, 0.05) is 11.3 Å². The molecular formula is C17H16N2. The van der Waals surface area contributed by atoms with Crippen LogP contribution in [0, 0.1) is 11.3 Å². The number of rotatable bonds is 3. The third-order valence-corrected chi connectivity index (χ3v) is 3.81. The number of nitrogens with zero attached hydrogens (tertiary/aromatic N) is 1. The van der Waals surface area contributed by atoms with Gasteiger partial charge in [0.25, 0.3) is 0 Å². The van der Waals surface area contributed by atoms with E-state index < -0.39 is 0 Å². The quantitative estimate of drug-likeness (QED) is 0.883. The summed E-state index contributed by atoms with van der Waals surface area (Å²) in [5.74, 6) is 0. The number of para-hydroxylation sites is 1. The molecule has 2 aromatic carbocycles. The second kappa shape index (κ2) is 4.78. The van der Waals surface area contributed by atoms with Gasteiger partial charge in [0.2, 0.25) is 0 Å². The molecule has 0 aromatic heterocycles. The molecule has 0 unspecified atom stereocenters. The lowest BCUT2D eigenvalue weighted by Crippen LogP contribution is -2.43. The van der Waals surface area contributed by atoms with Crippen LogP contribution in [-0.2, 0) is 0 Å². The van der Waals surface area contributed by atoms with Gasteiger partial charge in [-0.3, -0.25) is 0 Å². The number of hydrogen-bond acceptors (Lipinski definition) is 2. The molecule has 0 radical (unpaired) electrons. The average molecular weight is 248 g/mol. The maximum atomic E-state index is 9.35. The highest BCUT2D eigenvalue weighted by Crippen LogP contribution is 2.37. The third kappa shape index (κ3) is 2.20. The standard InChI is InChI=1S/C17H16N2/c18-13-17(11-6-12-17)19-16-10-5-4-9-15(16)14-7-2-1-3-8-14/h1-5,7-10,19H,6,11-12H2. The Morgan fingerprint density at radius 3 is 2.26 bits per heavy atom. The molecule has 0 heterocycles.